The maximum absolute atomic E-state index is 13.3. The molecule has 0 radical (unpaired) electrons. The topological polar surface area (TPSA) is 96.3 Å². The van der Waals surface area contributed by atoms with Crippen LogP contribution in [0.1, 0.15) is 105 Å². The van der Waals surface area contributed by atoms with Gasteiger partial charge < -0.3 is 15.5 Å². The second-order valence-electron chi connectivity index (χ2n) is 10.0. The fourth-order valence-electron chi connectivity index (χ4n) is 5.29. The Morgan fingerprint density at radius 2 is 1.47 bits per heavy atom. The van der Waals surface area contributed by atoms with E-state index in [0.29, 0.717) is 5.69 Å². The molecule has 2 heterocycles. The van der Waals surface area contributed by atoms with Gasteiger partial charge in [0.2, 0.25) is 5.91 Å². The minimum atomic E-state index is -1.04. The number of rotatable bonds is 4. The maximum atomic E-state index is 13.3. The van der Waals surface area contributed by atoms with Gasteiger partial charge in [0.25, 0.3) is 11.8 Å². The number of fused-ring (bicyclic) bond motifs is 1. The van der Waals surface area contributed by atoms with Gasteiger partial charge in [0, 0.05) is 25.2 Å². The first kappa shape index (κ1) is 22.8. The van der Waals surface area contributed by atoms with Crippen LogP contribution >= 0.6 is 0 Å². The van der Waals surface area contributed by atoms with Crippen molar-refractivity contribution in [2.24, 2.45) is 0 Å². The molecule has 8 nitrogen and oxygen atoms in total. The molecule has 3 aliphatic rings. The summed E-state index contributed by atoms with van der Waals surface area (Å²) in [6.07, 6.45) is 13.3. The van der Waals surface area contributed by atoms with E-state index >= 15 is 0 Å². The molecule has 4 rings (SSSR count). The Kier molecular flexibility index (Phi) is 6.86. The summed E-state index contributed by atoms with van der Waals surface area (Å²) in [5.41, 5.74) is -0.435. The van der Waals surface area contributed by atoms with Crippen LogP contribution in [-0.2, 0) is 11.3 Å². The molecule has 2 N–H and O–H groups in total. The quantitative estimate of drug-likeness (QED) is 0.699. The highest BCUT2D eigenvalue weighted by Crippen LogP contribution is 2.27. The van der Waals surface area contributed by atoms with E-state index in [4.69, 9.17) is 0 Å². The minimum Gasteiger partial charge on any atom is -0.351 e. The fraction of sp³-hybridized carbons (Fsp3) is 0.750. The molecule has 2 saturated carbocycles. The number of likely N-dealkylation sites (N-methyl/N-ethyl adjacent to an activating group) is 1. The lowest BCUT2D eigenvalue weighted by atomic mass is 9.95. The van der Waals surface area contributed by atoms with Crippen LogP contribution < -0.4 is 10.6 Å². The Balaban J connectivity index is 1.47. The van der Waals surface area contributed by atoms with Crippen molar-refractivity contribution in [1.82, 2.24) is 25.3 Å². The van der Waals surface area contributed by atoms with E-state index in [2.05, 4.69) is 15.7 Å². The van der Waals surface area contributed by atoms with E-state index in [1.807, 2.05) is 0 Å². The average molecular weight is 444 g/mol. The van der Waals surface area contributed by atoms with Crippen molar-refractivity contribution in [3.05, 3.63) is 17.5 Å². The summed E-state index contributed by atoms with van der Waals surface area (Å²) in [5.74, 6) is -0.666. The number of carbonyl (C=O) groups excluding carboxylic acids is 3. The smallest absolute Gasteiger partial charge is 0.272 e. The summed E-state index contributed by atoms with van der Waals surface area (Å²) in [4.78, 5) is 40.7. The van der Waals surface area contributed by atoms with Crippen molar-refractivity contribution in [3.8, 4) is 0 Å². The molecule has 32 heavy (non-hydrogen) atoms. The van der Waals surface area contributed by atoms with Gasteiger partial charge >= 0.3 is 0 Å². The Bertz CT molecular complexity index is 850. The Morgan fingerprint density at radius 1 is 0.938 bits per heavy atom. The third-order valence-electron chi connectivity index (χ3n) is 7.60. The number of nitrogens with one attached hydrogen (secondary N) is 2. The van der Waals surface area contributed by atoms with Gasteiger partial charge in [0.05, 0.1) is 6.54 Å². The van der Waals surface area contributed by atoms with E-state index in [0.717, 1.165) is 51.4 Å². The zero-order valence-corrected chi connectivity index (χ0v) is 19.5. The number of nitrogens with zero attached hydrogens (tertiary/aromatic N) is 3. The van der Waals surface area contributed by atoms with Crippen molar-refractivity contribution in [3.63, 3.8) is 0 Å². The average Bonchev–Trinajstić information content (AvgIpc) is 2.93. The number of aromatic nitrogens is 2. The lowest BCUT2D eigenvalue weighted by molar-refractivity contribution is -0.133. The molecule has 1 atom stereocenters. The standard InChI is InChI=1S/C24H37N5O3/c1-24(23(32)26-18-13-9-5-6-10-14-18)16-29-20(22(31)28(24)2)15-19(27-29)21(30)25-17-11-7-3-4-8-12-17/h15,17-18H,3-14,16H2,1-2H3,(H,25,30)(H,26,32)/t24-/m1/s1. The van der Waals surface area contributed by atoms with Crippen molar-refractivity contribution in [2.75, 3.05) is 7.05 Å². The molecule has 3 amide bonds. The van der Waals surface area contributed by atoms with Crippen LogP contribution in [0.4, 0.5) is 0 Å². The predicted molar refractivity (Wildman–Crippen MR) is 121 cm³/mol. The number of amides is 3. The second kappa shape index (κ2) is 9.63. The van der Waals surface area contributed by atoms with Gasteiger partial charge in [0.1, 0.15) is 11.2 Å². The van der Waals surface area contributed by atoms with E-state index in [1.54, 1.807) is 20.0 Å². The Hall–Kier alpha value is -2.38. The van der Waals surface area contributed by atoms with Crippen molar-refractivity contribution < 1.29 is 14.4 Å². The van der Waals surface area contributed by atoms with Gasteiger partial charge in [-0.15, -0.1) is 0 Å². The van der Waals surface area contributed by atoms with E-state index in [9.17, 15) is 14.4 Å². The highest BCUT2D eigenvalue weighted by atomic mass is 16.2. The molecule has 0 saturated heterocycles. The summed E-state index contributed by atoms with van der Waals surface area (Å²) in [5, 5.41) is 10.7. The molecule has 1 aromatic heterocycles. The molecule has 2 aliphatic carbocycles. The van der Waals surface area contributed by atoms with Crippen LogP contribution in [-0.4, -0.2) is 57.1 Å². The lowest BCUT2D eigenvalue weighted by Gasteiger charge is -2.41. The highest BCUT2D eigenvalue weighted by molar-refractivity contribution is 6.01. The Morgan fingerprint density at radius 3 is 2.03 bits per heavy atom. The molecule has 8 heteroatoms. The Labute approximate surface area is 190 Å². The molecule has 0 bridgehead atoms. The van der Waals surface area contributed by atoms with Crippen LogP contribution in [0.5, 0.6) is 0 Å². The van der Waals surface area contributed by atoms with Gasteiger partial charge in [-0.1, -0.05) is 51.4 Å². The molecule has 1 aliphatic heterocycles. The summed E-state index contributed by atoms with van der Waals surface area (Å²) in [7, 11) is 1.66. The summed E-state index contributed by atoms with van der Waals surface area (Å²) >= 11 is 0. The van der Waals surface area contributed by atoms with E-state index < -0.39 is 5.54 Å². The fourth-order valence-corrected chi connectivity index (χ4v) is 5.29. The van der Waals surface area contributed by atoms with Crippen LogP contribution in [0.15, 0.2) is 6.07 Å². The molecule has 1 aromatic rings. The second-order valence-corrected chi connectivity index (χ2v) is 10.0. The number of hydrogen-bond acceptors (Lipinski definition) is 4. The number of hydrogen-bond donors (Lipinski definition) is 2. The first-order valence-electron chi connectivity index (χ1n) is 12.4. The summed E-state index contributed by atoms with van der Waals surface area (Å²) < 4.78 is 1.54. The molecule has 0 spiro atoms. The van der Waals surface area contributed by atoms with Gasteiger partial charge in [-0.2, -0.15) is 5.10 Å². The normalized spacial score (nSPS) is 25.6. The van der Waals surface area contributed by atoms with Gasteiger partial charge in [-0.05, 0) is 32.6 Å². The van der Waals surface area contributed by atoms with E-state index in [-0.39, 0.29) is 42.0 Å². The molecule has 176 valence electrons. The monoisotopic (exact) mass is 443 g/mol. The third kappa shape index (κ3) is 4.69. The largest absolute Gasteiger partial charge is 0.351 e. The maximum Gasteiger partial charge on any atom is 0.272 e. The number of carbonyl (C=O) groups is 3. The van der Waals surface area contributed by atoms with Crippen LogP contribution in [0.2, 0.25) is 0 Å². The summed E-state index contributed by atoms with van der Waals surface area (Å²) in [6, 6.07) is 1.89. The zero-order valence-electron chi connectivity index (χ0n) is 19.5. The first-order valence-corrected chi connectivity index (χ1v) is 12.4. The highest BCUT2D eigenvalue weighted by Gasteiger charge is 2.46. The SMILES string of the molecule is CN1C(=O)c2cc(C(=O)NC3CCCCCC3)nn2C[C@]1(C)C(=O)NC1CCCCCC1. The van der Waals surface area contributed by atoms with E-state index in [1.165, 1.54) is 35.3 Å². The third-order valence-corrected chi connectivity index (χ3v) is 7.60. The lowest BCUT2D eigenvalue weighted by Crippen LogP contribution is -2.63. The van der Waals surface area contributed by atoms with Crippen LogP contribution in [0.3, 0.4) is 0 Å². The predicted octanol–water partition coefficient (Wildman–Crippen LogP) is 3.02. The molecule has 2 fully saturated rings. The first-order chi connectivity index (χ1) is 15.4. The minimum absolute atomic E-state index is 0.147. The summed E-state index contributed by atoms with van der Waals surface area (Å²) in [6.45, 7) is 2.02. The van der Waals surface area contributed by atoms with Gasteiger partial charge in [-0.3, -0.25) is 19.1 Å². The van der Waals surface area contributed by atoms with Gasteiger partial charge in [-0.25, -0.2) is 0 Å². The van der Waals surface area contributed by atoms with Crippen molar-refractivity contribution in [1.29, 1.82) is 0 Å². The molecule has 0 aromatic carbocycles. The molecular formula is C24H37N5O3. The van der Waals surface area contributed by atoms with Crippen molar-refractivity contribution in [2.45, 2.75) is 108 Å². The van der Waals surface area contributed by atoms with Crippen molar-refractivity contribution >= 4 is 17.7 Å². The zero-order chi connectivity index (χ0) is 22.7. The van der Waals surface area contributed by atoms with Crippen LogP contribution in [0.25, 0.3) is 0 Å². The van der Waals surface area contributed by atoms with Gasteiger partial charge in [0.15, 0.2) is 5.69 Å². The molecular weight excluding hydrogens is 406 g/mol. The van der Waals surface area contributed by atoms with Crippen LogP contribution in [0, 0.1) is 0 Å². The molecule has 0 unspecified atom stereocenters.